The van der Waals surface area contributed by atoms with E-state index in [4.69, 9.17) is 4.52 Å². The van der Waals surface area contributed by atoms with Crippen LogP contribution < -0.4 is 0 Å². The summed E-state index contributed by atoms with van der Waals surface area (Å²) in [5.41, 5.74) is 4.77. The Labute approximate surface area is 224 Å². The molecule has 0 spiro atoms. The van der Waals surface area contributed by atoms with Crippen molar-refractivity contribution in [3.63, 3.8) is 0 Å². The fourth-order valence-corrected chi connectivity index (χ4v) is 34.8. The van der Waals surface area contributed by atoms with Crippen LogP contribution in [0.3, 0.4) is 0 Å². The fraction of sp³-hybridized carbons (Fsp3) is 0.500. The number of hydrogen-bond donors (Lipinski definition) is 0. The molecule has 0 amide bonds. The second-order valence-corrected chi connectivity index (χ2v) is 27.7. The summed E-state index contributed by atoms with van der Waals surface area (Å²) in [4.78, 5) is 0. The van der Waals surface area contributed by atoms with E-state index in [9.17, 15) is 0 Å². The first-order chi connectivity index (χ1) is 17.4. The summed E-state index contributed by atoms with van der Waals surface area (Å²) in [5, 5.41) is 1.03. The summed E-state index contributed by atoms with van der Waals surface area (Å²) in [6, 6.07) is 21.4. The van der Waals surface area contributed by atoms with Crippen LogP contribution in [0.15, 0.2) is 69.6 Å². The van der Waals surface area contributed by atoms with Gasteiger partial charge in [-0.1, -0.05) is 0 Å². The third kappa shape index (κ3) is 4.87. The van der Waals surface area contributed by atoms with Gasteiger partial charge in [-0.05, 0) is 0 Å². The molecule has 3 heterocycles. The van der Waals surface area contributed by atoms with Gasteiger partial charge in [0.1, 0.15) is 0 Å². The third-order valence-electron chi connectivity index (χ3n) is 8.73. The van der Waals surface area contributed by atoms with E-state index in [1.165, 1.54) is 71.9 Å². The minimum atomic E-state index is -3.18. The minimum absolute atomic E-state index is 0.249. The predicted molar refractivity (Wildman–Crippen MR) is 159 cm³/mol. The van der Waals surface area contributed by atoms with E-state index in [1.54, 1.807) is 0 Å². The van der Waals surface area contributed by atoms with Crippen LogP contribution in [-0.2, 0) is 9.09 Å². The standard InChI is InChI=1S/C20H18O2P.3C4H9.Sn/c1-15-19(17-11-7-4-8-12-17)23(21)13-18(20(15,2)14-22-23)16-9-5-3-6-10-16;3*1-3-4-2;/h3-12H,14H2,1-2H3;3*1,3-4H2,2H3;. The average molecular weight is 611 g/mol. The normalized spacial score (nSPS) is 24.0. The molecule has 36 heavy (non-hydrogen) atoms. The molecule has 2 bridgehead atoms. The van der Waals surface area contributed by atoms with E-state index < -0.39 is 25.7 Å². The molecule has 0 aliphatic carbocycles. The molecule has 2 nitrogen and oxygen atoms in total. The van der Waals surface area contributed by atoms with Crippen LogP contribution in [0.1, 0.15) is 84.3 Å². The Bertz CT molecular complexity index is 1130. The van der Waals surface area contributed by atoms with E-state index >= 15 is 4.57 Å². The van der Waals surface area contributed by atoms with Gasteiger partial charge in [0.05, 0.1) is 0 Å². The molecule has 2 aromatic rings. The molecule has 3 aliphatic heterocycles. The van der Waals surface area contributed by atoms with Crippen molar-refractivity contribution in [1.29, 1.82) is 0 Å². The van der Waals surface area contributed by atoms with E-state index in [0.29, 0.717) is 6.61 Å². The van der Waals surface area contributed by atoms with Gasteiger partial charge in [-0.25, -0.2) is 0 Å². The van der Waals surface area contributed by atoms with Crippen LogP contribution >= 0.6 is 7.37 Å². The third-order valence-corrected chi connectivity index (χ3v) is 31.7. The molecule has 0 aromatic heterocycles. The molecule has 2 unspecified atom stereocenters. The maximum atomic E-state index is 15.7. The summed E-state index contributed by atoms with van der Waals surface area (Å²) in [6.45, 7) is 12.1. The first kappa shape index (κ1) is 27.9. The van der Waals surface area contributed by atoms with Crippen molar-refractivity contribution >= 4 is 36.6 Å². The molecular weight excluding hydrogens is 566 g/mol. The Morgan fingerprint density at radius 1 is 0.806 bits per heavy atom. The van der Waals surface area contributed by atoms with Gasteiger partial charge in [-0.2, -0.15) is 0 Å². The van der Waals surface area contributed by atoms with Crippen LogP contribution in [0.25, 0.3) is 10.9 Å². The first-order valence-electron chi connectivity index (χ1n) is 14.2. The Kier molecular flexibility index (Phi) is 9.11. The van der Waals surface area contributed by atoms with Crippen molar-refractivity contribution in [2.75, 3.05) is 6.61 Å². The van der Waals surface area contributed by atoms with Gasteiger partial charge in [0.25, 0.3) is 0 Å². The van der Waals surface area contributed by atoms with Gasteiger partial charge in [-0.15, -0.1) is 0 Å². The van der Waals surface area contributed by atoms with Crippen molar-refractivity contribution in [2.24, 2.45) is 5.41 Å². The molecule has 194 valence electrons. The van der Waals surface area contributed by atoms with Crippen molar-refractivity contribution in [3.8, 4) is 0 Å². The molecule has 0 fully saturated rings. The Morgan fingerprint density at radius 3 is 1.75 bits per heavy atom. The SMILES string of the molecule is CCC[CH2][Sn]([CH2]CCC)([CH2]CCC)[C]1=C(c2ccccc2)C2(C)COP1(=O)C(c1ccccc1)=C2C. The first-order valence-corrected chi connectivity index (χ1v) is 23.3. The fourth-order valence-electron chi connectivity index (χ4n) is 6.62. The van der Waals surface area contributed by atoms with Gasteiger partial charge in [0, 0.05) is 0 Å². The van der Waals surface area contributed by atoms with E-state index in [1.807, 2.05) is 0 Å². The van der Waals surface area contributed by atoms with Crippen LogP contribution in [0.4, 0.5) is 0 Å². The van der Waals surface area contributed by atoms with Crippen LogP contribution in [0.5, 0.6) is 0 Å². The summed E-state index contributed by atoms with van der Waals surface area (Å²) < 4.78 is 27.6. The molecule has 4 heteroatoms. The van der Waals surface area contributed by atoms with Crippen molar-refractivity contribution in [1.82, 2.24) is 0 Å². The number of unbranched alkanes of at least 4 members (excludes halogenated alkanes) is 3. The topological polar surface area (TPSA) is 26.3 Å². The summed E-state index contributed by atoms with van der Waals surface area (Å²) >= 11 is -3.16. The monoisotopic (exact) mass is 612 g/mol. The zero-order valence-electron chi connectivity index (χ0n) is 23.1. The molecule has 2 atom stereocenters. The molecule has 0 saturated heterocycles. The second-order valence-electron chi connectivity index (χ2n) is 11.2. The maximum absolute atomic E-state index is 15.7. The van der Waals surface area contributed by atoms with Crippen LogP contribution in [-0.4, -0.2) is 25.0 Å². The molecule has 0 N–H and O–H groups in total. The van der Waals surface area contributed by atoms with Crippen molar-refractivity contribution in [2.45, 2.75) is 86.5 Å². The summed E-state index contributed by atoms with van der Waals surface area (Å²) in [7, 11) is -3.18. The zero-order chi connectivity index (χ0) is 25.8. The van der Waals surface area contributed by atoms with Gasteiger partial charge in [0.2, 0.25) is 0 Å². The quantitative estimate of drug-likeness (QED) is 0.176. The van der Waals surface area contributed by atoms with Gasteiger partial charge in [0.15, 0.2) is 0 Å². The number of benzene rings is 2. The zero-order valence-corrected chi connectivity index (χ0v) is 26.9. The molecule has 0 radical (unpaired) electrons. The average Bonchev–Trinajstić information content (AvgIpc) is 2.90. The predicted octanol–water partition coefficient (Wildman–Crippen LogP) is 10.5. The number of fused-ring (bicyclic) bond motifs is 1. The van der Waals surface area contributed by atoms with Gasteiger partial charge < -0.3 is 0 Å². The van der Waals surface area contributed by atoms with E-state index in [-0.39, 0.29) is 5.41 Å². The van der Waals surface area contributed by atoms with Crippen molar-refractivity contribution < 1.29 is 9.09 Å². The molecular formula is C32H45O2PSn. The number of hydrogen-bond acceptors (Lipinski definition) is 2. The molecule has 2 aromatic carbocycles. The Hall–Kier alpha value is -1.09. The van der Waals surface area contributed by atoms with E-state index in [2.05, 4.69) is 95.3 Å². The second kappa shape index (κ2) is 11.7. The summed E-state index contributed by atoms with van der Waals surface area (Å²) in [6.07, 6.45) is 7.34. The molecule has 3 aliphatic rings. The van der Waals surface area contributed by atoms with Crippen LogP contribution in [0.2, 0.25) is 13.3 Å². The van der Waals surface area contributed by atoms with E-state index in [0.717, 1.165) is 10.9 Å². The molecule has 0 saturated carbocycles. The Morgan fingerprint density at radius 2 is 1.28 bits per heavy atom. The van der Waals surface area contributed by atoms with Gasteiger partial charge in [-0.3, -0.25) is 0 Å². The Balaban J connectivity index is 2.08. The van der Waals surface area contributed by atoms with Crippen molar-refractivity contribution in [3.05, 3.63) is 80.7 Å². The number of rotatable bonds is 12. The molecule has 5 rings (SSSR count). The van der Waals surface area contributed by atoms with Crippen LogP contribution in [0, 0.1) is 5.41 Å². The van der Waals surface area contributed by atoms with Gasteiger partial charge >= 0.3 is 225 Å². The summed E-state index contributed by atoms with van der Waals surface area (Å²) in [5.74, 6) is 0.